The lowest BCUT2D eigenvalue weighted by molar-refractivity contribution is 0.528. The summed E-state index contributed by atoms with van der Waals surface area (Å²) >= 11 is 3.51. The highest BCUT2D eigenvalue weighted by Gasteiger charge is 2.22. The molecule has 1 N–H and O–H groups in total. The zero-order valence-electron chi connectivity index (χ0n) is 14.4. The quantitative estimate of drug-likeness (QED) is 0.849. The first-order valence-corrected chi connectivity index (χ1v) is 9.07. The minimum atomic E-state index is 0.282. The molecule has 1 unspecified atom stereocenters. The Bertz CT molecular complexity index is 785. The summed E-state index contributed by atoms with van der Waals surface area (Å²) in [6.07, 6.45) is 3.92. The van der Waals surface area contributed by atoms with Crippen LogP contribution in [0.25, 0.3) is 0 Å². The maximum atomic E-state index is 9.39. The van der Waals surface area contributed by atoms with Gasteiger partial charge in [-0.05, 0) is 37.1 Å². The van der Waals surface area contributed by atoms with Crippen LogP contribution in [0.3, 0.4) is 0 Å². The van der Waals surface area contributed by atoms with E-state index in [-0.39, 0.29) is 6.04 Å². The van der Waals surface area contributed by atoms with Crippen LogP contribution in [0, 0.1) is 11.3 Å². The van der Waals surface area contributed by atoms with Crippen LogP contribution in [-0.2, 0) is 0 Å². The lowest BCUT2D eigenvalue weighted by atomic mass is 10.0. The van der Waals surface area contributed by atoms with Crippen molar-refractivity contribution < 1.29 is 0 Å². The Kier molecular flexibility index (Phi) is 5.39. The first kappa shape index (κ1) is 17.5. The van der Waals surface area contributed by atoms with Gasteiger partial charge < -0.3 is 15.1 Å². The monoisotopic (exact) mass is 400 g/mol. The van der Waals surface area contributed by atoms with Gasteiger partial charge in [0.05, 0.1) is 11.3 Å². The minimum Gasteiger partial charge on any atom is -0.368 e. The third kappa shape index (κ3) is 4.20. The predicted octanol–water partition coefficient (Wildman–Crippen LogP) is 3.26. The fourth-order valence-corrected chi connectivity index (χ4v) is 3.38. The molecule has 1 aromatic carbocycles. The molecule has 0 bridgehead atoms. The molecule has 1 saturated heterocycles. The van der Waals surface area contributed by atoms with Gasteiger partial charge in [0.25, 0.3) is 0 Å². The van der Waals surface area contributed by atoms with Gasteiger partial charge in [0, 0.05) is 43.9 Å². The standard InChI is InChI=1S/C18H21BrN6/c1-24(2)18-21-8-7-17(23-18)22-15-4-3-9-25(12-15)16-10-14(19)6-5-13(16)11-20/h5-8,10,15H,3-4,9,12H2,1-2H3,(H,21,22,23). The van der Waals surface area contributed by atoms with E-state index in [0.29, 0.717) is 11.5 Å². The van der Waals surface area contributed by atoms with E-state index in [2.05, 4.69) is 42.2 Å². The van der Waals surface area contributed by atoms with E-state index >= 15 is 0 Å². The third-order valence-electron chi connectivity index (χ3n) is 4.24. The van der Waals surface area contributed by atoms with Gasteiger partial charge in [0.1, 0.15) is 11.9 Å². The number of hydrogen-bond acceptors (Lipinski definition) is 6. The number of piperidine rings is 1. The van der Waals surface area contributed by atoms with E-state index in [9.17, 15) is 5.26 Å². The third-order valence-corrected chi connectivity index (χ3v) is 4.73. The summed E-state index contributed by atoms with van der Waals surface area (Å²) in [5, 5.41) is 12.9. The Balaban J connectivity index is 1.75. The number of aromatic nitrogens is 2. The molecular formula is C18H21BrN6. The van der Waals surface area contributed by atoms with Crippen LogP contribution >= 0.6 is 15.9 Å². The molecule has 6 nitrogen and oxygen atoms in total. The van der Waals surface area contributed by atoms with Crippen LogP contribution in [0.4, 0.5) is 17.5 Å². The molecule has 1 aliphatic rings. The fraction of sp³-hybridized carbons (Fsp3) is 0.389. The lowest BCUT2D eigenvalue weighted by Crippen LogP contribution is -2.42. The Morgan fingerprint density at radius 1 is 1.36 bits per heavy atom. The molecule has 0 spiro atoms. The smallest absolute Gasteiger partial charge is 0.226 e. The number of anilines is 3. The molecule has 0 aliphatic carbocycles. The van der Waals surface area contributed by atoms with E-state index in [1.165, 1.54) is 0 Å². The highest BCUT2D eigenvalue weighted by atomic mass is 79.9. The highest BCUT2D eigenvalue weighted by Crippen LogP contribution is 2.28. The van der Waals surface area contributed by atoms with Gasteiger partial charge in [-0.3, -0.25) is 0 Å². The van der Waals surface area contributed by atoms with Crippen molar-refractivity contribution in [1.29, 1.82) is 5.26 Å². The van der Waals surface area contributed by atoms with Crippen LogP contribution in [0.5, 0.6) is 0 Å². The van der Waals surface area contributed by atoms with Crippen molar-refractivity contribution in [2.24, 2.45) is 0 Å². The first-order chi connectivity index (χ1) is 12.1. The van der Waals surface area contributed by atoms with E-state index in [0.717, 1.165) is 41.9 Å². The van der Waals surface area contributed by atoms with Gasteiger partial charge in [-0.2, -0.15) is 10.2 Å². The minimum absolute atomic E-state index is 0.282. The maximum absolute atomic E-state index is 9.39. The lowest BCUT2D eigenvalue weighted by Gasteiger charge is -2.35. The van der Waals surface area contributed by atoms with E-state index < -0.39 is 0 Å². The molecule has 0 amide bonds. The summed E-state index contributed by atoms with van der Waals surface area (Å²) < 4.78 is 0.989. The topological polar surface area (TPSA) is 68.1 Å². The summed E-state index contributed by atoms with van der Waals surface area (Å²) in [5.41, 5.74) is 1.70. The molecule has 1 fully saturated rings. The number of nitrogens with zero attached hydrogens (tertiary/aromatic N) is 5. The molecule has 130 valence electrons. The highest BCUT2D eigenvalue weighted by molar-refractivity contribution is 9.10. The van der Waals surface area contributed by atoms with E-state index in [1.54, 1.807) is 6.20 Å². The summed E-state index contributed by atoms with van der Waals surface area (Å²) in [4.78, 5) is 13.0. The molecule has 1 atom stereocenters. The van der Waals surface area contributed by atoms with Crippen LogP contribution in [0.2, 0.25) is 0 Å². The molecule has 1 aliphatic heterocycles. The number of rotatable bonds is 4. The number of halogens is 1. The summed E-state index contributed by atoms with van der Waals surface area (Å²) in [5.74, 6) is 1.52. The first-order valence-electron chi connectivity index (χ1n) is 8.28. The molecule has 1 aromatic heterocycles. The Morgan fingerprint density at radius 3 is 2.96 bits per heavy atom. The summed E-state index contributed by atoms with van der Waals surface area (Å²) in [6.45, 7) is 1.79. The maximum Gasteiger partial charge on any atom is 0.226 e. The number of hydrogen-bond donors (Lipinski definition) is 1. The molecule has 3 rings (SSSR count). The normalized spacial score (nSPS) is 17.0. The summed E-state index contributed by atoms with van der Waals surface area (Å²) in [6, 6.07) is 10.3. The number of benzene rings is 1. The van der Waals surface area contributed by atoms with Crippen molar-refractivity contribution >= 4 is 33.4 Å². The van der Waals surface area contributed by atoms with Crippen LogP contribution in [0.15, 0.2) is 34.9 Å². The van der Waals surface area contributed by atoms with Gasteiger partial charge in [0.15, 0.2) is 0 Å². The molecule has 25 heavy (non-hydrogen) atoms. The molecule has 7 heteroatoms. The number of nitrogens with one attached hydrogen (secondary N) is 1. The van der Waals surface area contributed by atoms with Gasteiger partial charge >= 0.3 is 0 Å². The Morgan fingerprint density at radius 2 is 2.20 bits per heavy atom. The molecule has 0 saturated carbocycles. The van der Waals surface area contributed by atoms with Crippen molar-refractivity contribution in [3.63, 3.8) is 0 Å². The summed E-state index contributed by atoms with van der Waals surface area (Å²) in [7, 11) is 3.86. The average molecular weight is 401 g/mol. The predicted molar refractivity (Wildman–Crippen MR) is 104 cm³/mol. The average Bonchev–Trinajstić information content (AvgIpc) is 2.62. The second kappa shape index (κ2) is 7.70. The van der Waals surface area contributed by atoms with Gasteiger partial charge in [0.2, 0.25) is 5.95 Å². The molecule has 0 radical (unpaired) electrons. The fourth-order valence-electron chi connectivity index (χ4n) is 3.03. The van der Waals surface area contributed by atoms with Gasteiger partial charge in [-0.15, -0.1) is 0 Å². The molecule has 2 aromatic rings. The zero-order chi connectivity index (χ0) is 17.8. The molecular weight excluding hydrogens is 380 g/mol. The van der Waals surface area contributed by atoms with E-state index in [1.807, 2.05) is 43.3 Å². The van der Waals surface area contributed by atoms with Crippen molar-refractivity contribution in [1.82, 2.24) is 9.97 Å². The van der Waals surface area contributed by atoms with Gasteiger partial charge in [-0.1, -0.05) is 15.9 Å². The Hall–Kier alpha value is -2.33. The largest absolute Gasteiger partial charge is 0.368 e. The van der Waals surface area contributed by atoms with E-state index in [4.69, 9.17) is 0 Å². The Labute approximate surface area is 156 Å². The van der Waals surface area contributed by atoms with Crippen LogP contribution in [0.1, 0.15) is 18.4 Å². The van der Waals surface area contributed by atoms with Crippen LogP contribution in [-0.4, -0.2) is 43.2 Å². The van der Waals surface area contributed by atoms with Crippen LogP contribution < -0.4 is 15.1 Å². The molecule has 2 heterocycles. The zero-order valence-corrected chi connectivity index (χ0v) is 16.0. The van der Waals surface area contributed by atoms with Crippen molar-refractivity contribution in [2.45, 2.75) is 18.9 Å². The SMILES string of the molecule is CN(C)c1nccc(NC2CCCN(c3cc(Br)ccc3C#N)C2)n1. The van der Waals surface area contributed by atoms with Gasteiger partial charge in [-0.25, -0.2) is 4.98 Å². The van der Waals surface area contributed by atoms with Crippen molar-refractivity contribution in [2.75, 3.05) is 42.3 Å². The van der Waals surface area contributed by atoms with Crippen molar-refractivity contribution in [3.05, 3.63) is 40.5 Å². The second-order valence-electron chi connectivity index (χ2n) is 6.34. The second-order valence-corrected chi connectivity index (χ2v) is 7.25. The number of nitriles is 1. The van der Waals surface area contributed by atoms with Crippen molar-refractivity contribution in [3.8, 4) is 6.07 Å².